The van der Waals surface area contributed by atoms with Gasteiger partial charge in [-0.2, -0.15) is 5.10 Å². The Morgan fingerprint density at radius 1 is 0.943 bits per heavy atom. The molecule has 276 valence electrons. The van der Waals surface area contributed by atoms with Crippen molar-refractivity contribution in [2.75, 3.05) is 13.1 Å². The molecule has 5 aromatic rings. The summed E-state index contributed by atoms with van der Waals surface area (Å²) in [4.78, 5) is 66.0. The number of carbonyl (C=O) groups excluding carboxylic acids is 4. The second-order valence-corrected chi connectivity index (χ2v) is 14.7. The number of amides is 4. The molecule has 4 heterocycles. The minimum absolute atomic E-state index is 0.0205. The number of carbonyl (C=O) groups is 4. The summed E-state index contributed by atoms with van der Waals surface area (Å²) in [6, 6.07) is 17.1. The van der Waals surface area contributed by atoms with E-state index in [2.05, 4.69) is 31.0 Å². The van der Waals surface area contributed by atoms with E-state index in [0.717, 1.165) is 22.5 Å². The molecule has 1 aliphatic heterocycles. The molecule has 1 aliphatic rings. The summed E-state index contributed by atoms with van der Waals surface area (Å²) in [5.41, 5.74) is 4.36. The number of nitrogens with one attached hydrogen (secondary N) is 3. The van der Waals surface area contributed by atoms with Crippen LogP contribution in [0.1, 0.15) is 103 Å². The summed E-state index contributed by atoms with van der Waals surface area (Å²) in [7, 11) is 0. The third-order valence-corrected chi connectivity index (χ3v) is 10.1. The zero-order valence-electron chi connectivity index (χ0n) is 30.7. The summed E-state index contributed by atoms with van der Waals surface area (Å²) in [6.07, 6.45) is 0.381. The lowest BCUT2D eigenvalue weighted by Crippen LogP contribution is -2.50. The van der Waals surface area contributed by atoms with Crippen molar-refractivity contribution in [2.24, 2.45) is 5.92 Å². The standard InChI is InChI=1S/C39H44N8O5S/c1-22(2)33-37-44-34(26(6)52-37)36(50)40-25(5)38-42-31(21-53-38)35(49)41-30(17-27-11-8-7-9-12-27)19-46(20-32(48)43-33)39(51)29-14-10-13-28(16-29)18-47-24(4)15-23(3)45-47/h7-16,21-22,25,30,33H,17-20H2,1-6H3,(H,40,50)(H,41,49)(H,43,48)/t25-,30-,33+/m1/s1. The average Bonchev–Trinajstić information content (AvgIpc) is 3.85. The lowest BCUT2D eigenvalue weighted by atomic mass is 10.0. The number of hydrogen-bond donors (Lipinski definition) is 3. The molecule has 3 N–H and O–H groups in total. The molecule has 13 nitrogen and oxygen atoms in total. The van der Waals surface area contributed by atoms with E-state index in [1.54, 1.807) is 25.3 Å². The Labute approximate surface area is 312 Å². The summed E-state index contributed by atoms with van der Waals surface area (Å²) >= 11 is 1.25. The van der Waals surface area contributed by atoms with E-state index in [4.69, 9.17) is 4.42 Å². The molecule has 3 aromatic heterocycles. The van der Waals surface area contributed by atoms with Crippen LogP contribution in [-0.4, -0.2) is 67.4 Å². The van der Waals surface area contributed by atoms with Crippen molar-refractivity contribution < 1.29 is 23.6 Å². The minimum atomic E-state index is -0.693. The summed E-state index contributed by atoms with van der Waals surface area (Å²) in [5.74, 6) is -1.44. The van der Waals surface area contributed by atoms with Gasteiger partial charge in [-0.1, -0.05) is 56.3 Å². The van der Waals surface area contributed by atoms with Crippen LogP contribution in [0.25, 0.3) is 0 Å². The largest absolute Gasteiger partial charge is 0.443 e. The first kappa shape index (κ1) is 37.1. The Morgan fingerprint density at radius 2 is 1.70 bits per heavy atom. The molecule has 0 saturated heterocycles. The van der Waals surface area contributed by atoms with Crippen molar-refractivity contribution in [3.63, 3.8) is 0 Å². The van der Waals surface area contributed by atoms with E-state index in [0.29, 0.717) is 29.3 Å². The van der Waals surface area contributed by atoms with Crippen LogP contribution in [0.3, 0.4) is 0 Å². The van der Waals surface area contributed by atoms with Gasteiger partial charge in [0.15, 0.2) is 5.69 Å². The van der Waals surface area contributed by atoms with Crippen molar-refractivity contribution in [2.45, 2.75) is 72.6 Å². The van der Waals surface area contributed by atoms with Crippen LogP contribution in [0, 0.1) is 26.7 Å². The van der Waals surface area contributed by atoms with E-state index >= 15 is 0 Å². The zero-order chi connectivity index (χ0) is 37.8. The van der Waals surface area contributed by atoms with Gasteiger partial charge in [-0.15, -0.1) is 11.3 Å². The Balaban J connectivity index is 1.38. The van der Waals surface area contributed by atoms with Crippen molar-refractivity contribution in [1.82, 2.24) is 40.6 Å². The fourth-order valence-corrected chi connectivity index (χ4v) is 7.19. The fraction of sp³-hybridized carbons (Fsp3) is 0.359. The minimum Gasteiger partial charge on any atom is -0.443 e. The Kier molecular flexibility index (Phi) is 11.2. The van der Waals surface area contributed by atoms with Crippen LogP contribution in [-0.2, 0) is 17.8 Å². The number of benzene rings is 2. The van der Waals surface area contributed by atoms with Gasteiger partial charge < -0.3 is 25.3 Å². The number of rotatable bonds is 6. The molecule has 4 bridgehead atoms. The number of nitrogens with zero attached hydrogens (tertiary/aromatic N) is 5. The fourth-order valence-electron chi connectivity index (χ4n) is 6.38. The molecule has 4 amide bonds. The number of aromatic nitrogens is 4. The predicted octanol–water partition coefficient (Wildman–Crippen LogP) is 5.10. The quantitative estimate of drug-likeness (QED) is 0.217. The molecule has 14 heteroatoms. The van der Waals surface area contributed by atoms with Gasteiger partial charge in [0.2, 0.25) is 11.8 Å². The zero-order valence-corrected chi connectivity index (χ0v) is 31.5. The molecule has 0 aliphatic carbocycles. The maximum absolute atomic E-state index is 14.5. The van der Waals surface area contributed by atoms with Crippen LogP contribution in [0.15, 0.2) is 70.5 Å². The number of fused-ring (bicyclic) bond motifs is 4. The molecule has 0 spiro atoms. The number of thiazole rings is 1. The lowest BCUT2D eigenvalue weighted by Gasteiger charge is -2.29. The maximum atomic E-state index is 14.5. The predicted molar refractivity (Wildman–Crippen MR) is 200 cm³/mol. The molecule has 53 heavy (non-hydrogen) atoms. The van der Waals surface area contributed by atoms with E-state index in [1.165, 1.54) is 16.2 Å². The van der Waals surface area contributed by atoms with Crippen molar-refractivity contribution in [3.05, 3.63) is 122 Å². The first-order valence-corrected chi connectivity index (χ1v) is 18.5. The first-order chi connectivity index (χ1) is 25.3. The Hall–Kier alpha value is -5.63. The number of oxazole rings is 1. The van der Waals surface area contributed by atoms with Gasteiger partial charge in [0.1, 0.15) is 22.5 Å². The Morgan fingerprint density at radius 3 is 2.42 bits per heavy atom. The molecule has 2 aromatic carbocycles. The van der Waals surface area contributed by atoms with Gasteiger partial charge in [-0.05, 0) is 69.4 Å². The van der Waals surface area contributed by atoms with Gasteiger partial charge in [0, 0.05) is 23.2 Å². The third-order valence-electron chi connectivity index (χ3n) is 9.08. The molecular weight excluding hydrogens is 693 g/mol. The van der Waals surface area contributed by atoms with Crippen LogP contribution in [0.5, 0.6) is 0 Å². The number of aryl methyl sites for hydroxylation is 3. The number of hydrogen-bond acceptors (Lipinski definition) is 9. The van der Waals surface area contributed by atoms with Gasteiger partial charge in [0.25, 0.3) is 17.7 Å². The highest BCUT2D eigenvalue weighted by atomic mass is 32.1. The van der Waals surface area contributed by atoms with E-state index in [-0.39, 0.29) is 42.2 Å². The summed E-state index contributed by atoms with van der Waals surface area (Å²) in [5, 5.41) is 15.7. The highest BCUT2D eigenvalue weighted by Crippen LogP contribution is 2.25. The van der Waals surface area contributed by atoms with Crippen molar-refractivity contribution in [3.8, 4) is 0 Å². The van der Waals surface area contributed by atoms with E-state index < -0.39 is 35.8 Å². The Bertz CT molecular complexity index is 2120. The van der Waals surface area contributed by atoms with Crippen molar-refractivity contribution in [1.29, 1.82) is 0 Å². The van der Waals surface area contributed by atoms with Gasteiger partial charge in [-0.25, -0.2) is 9.97 Å². The van der Waals surface area contributed by atoms with Gasteiger partial charge in [0.05, 0.1) is 30.9 Å². The highest BCUT2D eigenvalue weighted by Gasteiger charge is 2.31. The first-order valence-electron chi connectivity index (χ1n) is 17.6. The molecule has 3 atom stereocenters. The average molecular weight is 737 g/mol. The summed E-state index contributed by atoms with van der Waals surface area (Å²) < 4.78 is 7.84. The second kappa shape index (κ2) is 15.9. The molecule has 0 saturated carbocycles. The van der Waals surface area contributed by atoms with Crippen molar-refractivity contribution >= 4 is 35.0 Å². The van der Waals surface area contributed by atoms with Crippen LogP contribution in [0.4, 0.5) is 0 Å². The third kappa shape index (κ3) is 8.88. The summed E-state index contributed by atoms with van der Waals surface area (Å²) in [6.45, 7) is 11.3. The van der Waals surface area contributed by atoms with Gasteiger partial charge >= 0.3 is 0 Å². The molecule has 0 fully saturated rings. The second-order valence-electron chi connectivity index (χ2n) is 13.8. The van der Waals surface area contributed by atoms with Crippen LogP contribution in [0.2, 0.25) is 0 Å². The molecular formula is C39H44N8O5S. The molecule has 0 radical (unpaired) electrons. The normalized spacial score (nSPS) is 18.6. The molecule has 0 unspecified atom stereocenters. The van der Waals surface area contributed by atoms with E-state index in [9.17, 15) is 19.2 Å². The van der Waals surface area contributed by atoms with E-state index in [1.807, 2.05) is 87.0 Å². The SMILES string of the molecule is Cc1cc(C)n(Cc2cccc(C(=O)N3CC(=O)N[C@@H](C(C)C)c4nc(c(C)o4)C(=O)N[C@H](C)c4nc(cs4)C(=O)N[C@H](Cc4ccccc4)C3)c2)n1. The monoisotopic (exact) mass is 736 g/mol. The van der Waals surface area contributed by atoms with Crippen LogP contribution >= 0.6 is 11.3 Å². The van der Waals surface area contributed by atoms with Gasteiger partial charge in [-0.3, -0.25) is 23.9 Å². The highest BCUT2D eigenvalue weighted by molar-refractivity contribution is 7.09. The molecule has 6 rings (SSSR count). The lowest BCUT2D eigenvalue weighted by molar-refractivity contribution is -0.123. The van der Waals surface area contributed by atoms with Crippen LogP contribution < -0.4 is 16.0 Å². The maximum Gasteiger partial charge on any atom is 0.274 e. The topological polar surface area (TPSA) is 164 Å². The smallest absolute Gasteiger partial charge is 0.274 e.